The summed E-state index contributed by atoms with van der Waals surface area (Å²) >= 11 is 1.15. The Labute approximate surface area is 142 Å². The van der Waals surface area contributed by atoms with E-state index in [2.05, 4.69) is 9.97 Å². The van der Waals surface area contributed by atoms with Gasteiger partial charge in [-0.05, 0) is 43.7 Å². The summed E-state index contributed by atoms with van der Waals surface area (Å²) in [5.74, 6) is 0.00332. The lowest BCUT2D eigenvalue weighted by molar-refractivity contribution is -0.117. The van der Waals surface area contributed by atoms with Gasteiger partial charge in [0.2, 0.25) is 5.91 Å². The summed E-state index contributed by atoms with van der Waals surface area (Å²) in [5, 5.41) is 0.370. The number of rotatable bonds is 4. The van der Waals surface area contributed by atoms with Crippen LogP contribution in [0.25, 0.3) is 16.7 Å². The second kappa shape index (κ2) is 6.45. The summed E-state index contributed by atoms with van der Waals surface area (Å²) in [6.45, 7) is 3.60. The summed E-state index contributed by atoms with van der Waals surface area (Å²) < 4.78 is 1.43. The van der Waals surface area contributed by atoms with Gasteiger partial charge in [0, 0.05) is 6.20 Å². The van der Waals surface area contributed by atoms with E-state index in [1.165, 1.54) is 4.57 Å². The zero-order chi connectivity index (χ0) is 17.3. The van der Waals surface area contributed by atoms with E-state index in [9.17, 15) is 9.59 Å². The highest BCUT2D eigenvalue weighted by Crippen LogP contribution is 2.24. The molecular weight excluding hydrogens is 324 g/mol. The molecule has 0 aliphatic carbocycles. The molecule has 0 fully saturated rings. The molecule has 2 aromatic heterocycles. The first kappa shape index (κ1) is 16.2. The second-order valence-corrected chi connectivity index (χ2v) is 6.71. The zero-order valence-electron chi connectivity index (χ0n) is 13.3. The Bertz CT molecular complexity index is 984. The van der Waals surface area contributed by atoms with Crippen molar-refractivity contribution in [3.05, 3.63) is 58.5 Å². The molecule has 0 radical (unpaired) electrons. The molecule has 3 aromatic rings. The Morgan fingerprint density at radius 2 is 2.04 bits per heavy atom. The van der Waals surface area contributed by atoms with Gasteiger partial charge in [-0.25, -0.2) is 14.5 Å². The second-order valence-electron chi connectivity index (χ2n) is 5.41. The number of pyridine rings is 1. The van der Waals surface area contributed by atoms with E-state index in [1.807, 2.05) is 19.1 Å². The summed E-state index contributed by atoms with van der Waals surface area (Å²) in [6, 6.07) is 10.7. The fourth-order valence-electron chi connectivity index (χ4n) is 2.25. The molecule has 1 aromatic carbocycles. The lowest BCUT2D eigenvalue weighted by Crippen LogP contribution is -2.27. The minimum Gasteiger partial charge on any atom is -0.369 e. The maximum Gasteiger partial charge on any atom is 0.267 e. The normalized spacial score (nSPS) is 12.2. The Morgan fingerprint density at radius 3 is 2.75 bits per heavy atom. The van der Waals surface area contributed by atoms with Crippen LogP contribution in [0.1, 0.15) is 12.5 Å². The molecule has 0 saturated carbocycles. The largest absolute Gasteiger partial charge is 0.369 e. The number of amides is 1. The third kappa shape index (κ3) is 3.03. The van der Waals surface area contributed by atoms with Gasteiger partial charge < -0.3 is 5.73 Å². The first-order valence-electron chi connectivity index (χ1n) is 7.38. The molecule has 7 heteroatoms. The number of para-hydroxylation sites is 1. The van der Waals surface area contributed by atoms with E-state index in [1.54, 1.807) is 37.4 Å². The molecule has 0 spiro atoms. The number of aromatic nitrogens is 3. The van der Waals surface area contributed by atoms with Crippen molar-refractivity contribution in [2.24, 2.45) is 5.73 Å². The number of primary amides is 1. The Hall–Kier alpha value is -2.67. The Balaban J connectivity index is 2.29. The molecule has 24 heavy (non-hydrogen) atoms. The Kier molecular flexibility index (Phi) is 4.35. The smallest absolute Gasteiger partial charge is 0.267 e. The molecule has 1 amide bonds. The number of carbonyl (C=O) groups excluding carboxylic acids is 1. The van der Waals surface area contributed by atoms with Crippen LogP contribution in [-0.2, 0) is 4.79 Å². The number of aryl methyl sites for hydroxylation is 1. The fraction of sp³-hybridized carbons (Fsp3) is 0.176. The topological polar surface area (TPSA) is 90.9 Å². The van der Waals surface area contributed by atoms with E-state index in [-0.39, 0.29) is 5.56 Å². The van der Waals surface area contributed by atoms with Crippen molar-refractivity contribution in [2.75, 3.05) is 0 Å². The van der Waals surface area contributed by atoms with Gasteiger partial charge in [-0.15, -0.1) is 0 Å². The number of hydrogen-bond acceptors (Lipinski definition) is 5. The van der Waals surface area contributed by atoms with E-state index in [4.69, 9.17) is 5.73 Å². The third-order valence-corrected chi connectivity index (χ3v) is 4.63. The predicted molar refractivity (Wildman–Crippen MR) is 94.4 cm³/mol. The van der Waals surface area contributed by atoms with Gasteiger partial charge in [-0.3, -0.25) is 9.59 Å². The van der Waals surface area contributed by atoms with E-state index >= 15 is 0 Å². The fourth-order valence-corrected chi connectivity index (χ4v) is 3.12. The molecule has 1 atom stereocenters. The van der Waals surface area contributed by atoms with Crippen molar-refractivity contribution in [1.29, 1.82) is 0 Å². The van der Waals surface area contributed by atoms with E-state index in [0.717, 1.165) is 17.3 Å². The standard InChI is InChI=1S/C17H16N4O2S/c1-10-7-8-19-14(9-10)21-16(23)12-5-3-4-6-13(12)20-17(21)24-11(2)15(18)22/h3-9,11H,1-2H3,(H2,18,22). The van der Waals surface area contributed by atoms with Crippen LogP contribution in [0.5, 0.6) is 0 Å². The molecule has 2 N–H and O–H groups in total. The van der Waals surface area contributed by atoms with Gasteiger partial charge in [-0.1, -0.05) is 23.9 Å². The van der Waals surface area contributed by atoms with Crippen molar-refractivity contribution in [1.82, 2.24) is 14.5 Å². The minimum atomic E-state index is -0.519. The quantitative estimate of drug-likeness (QED) is 0.580. The molecule has 6 nitrogen and oxygen atoms in total. The molecular formula is C17H16N4O2S. The predicted octanol–water partition coefficient (Wildman–Crippen LogP) is 2.06. The van der Waals surface area contributed by atoms with Crippen LogP contribution < -0.4 is 11.3 Å². The van der Waals surface area contributed by atoms with Crippen molar-refractivity contribution in [2.45, 2.75) is 24.3 Å². The number of fused-ring (bicyclic) bond motifs is 1. The van der Waals surface area contributed by atoms with Gasteiger partial charge >= 0.3 is 0 Å². The molecule has 3 rings (SSSR count). The molecule has 0 saturated heterocycles. The first-order chi connectivity index (χ1) is 11.5. The number of nitrogens with two attached hydrogens (primary N) is 1. The summed E-state index contributed by atoms with van der Waals surface area (Å²) in [5.41, 5.74) is 6.68. The van der Waals surface area contributed by atoms with Gasteiger partial charge in [0.15, 0.2) is 5.16 Å². The zero-order valence-corrected chi connectivity index (χ0v) is 14.1. The molecule has 1 unspecified atom stereocenters. The maximum atomic E-state index is 13.0. The summed E-state index contributed by atoms with van der Waals surface area (Å²) in [6.07, 6.45) is 1.64. The van der Waals surface area contributed by atoms with E-state index in [0.29, 0.717) is 21.9 Å². The average molecular weight is 340 g/mol. The summed E-state index contributed by atoms with van der Waals surface area (Å²) in [7, 11) is 0. The van der Waals surface area contributed by atoms with Crippen LogP contribution >= 0.6 is 11.8 Å². The van der Waals surface area contributed by atoms with Crippen LogP contribution in [-0.4, -0.2) is 25.7 Å². The number of carbonyl (C=O) groups is 1. The van der Waals surface area contributed by atoms with Crippen LogP contribution in [0.2, 0.25) is 0 Å². The maximum absolute atomic E-state index is 13.0. The van der Waals surface area contributed by atoms with Crippen LogP contribution in [0.15, 0.2) is 52.5 Å². The Morgan fingerprint density at radius 1 is 1.29 bits per heavy atom. The molecule has 0 aliphatic rings. The molecule has 0 aliphatic heterocycles. The van der Waals surface area contributed by atoms with Crippen molar-refractivity contribution in [3.8, 4) is 5.82 Å². The monoisotopic (exact) mass is 340 g/mol. The number of thioether (sulfide) groups is 1. The summed E-state index contributed by atoms with van der Waals surface area (Å²) in [4.78, 5) is 33.2. The van der Waals surface area contributed by atoms with E-state index < -0.39 is 11.2 Å². The first-order valence-corrected chi connectivity index (χ1v) is 8.26. The lowest BCUT2D eigenvalue weighted by Gasteiger charge is -2.14. The number of nitrogens with zero attached hydrogens (tertiary/aromatic N) is 3. The van der Waals surface area contributed by atoms with Gasteiger partial charge in [0.05, 0.1) is 16.2 Å². The highest BCUT2D eigenvalue weighted by molar-refractivity contribution is 8.00. The highest BCUT2D eigenvalue weighted by Gasteiger charge is 2.19. The average Bonchev–Trinajstić information content (AvgIpc) is 2.55. The lowest BCUT2D eigenvalue weighted by atomic mass is 10.2. The molecule has 122 valence electrons. The number of benzene rings is 1. The van der Waals surface area contributed by atoms with Crippen LogP contribution in [0, 0.1) is 6.92 Å². The van der Waals surface area contributed by atoms with Crippen LogP contribution in [0.3, 0.4) is 0 Å². The highest BCUT2D eigenvalue weighted by atomic mass is 32.2. The number of hydrogen-bond donors (Lipinski definition) is 1. The molecule has 0 bridgehead atoms. The third-order valence-electron chi connectivity index (χ3n) is 3.56. The van der Waals surface area contributed by atoms with Gasteiger partial charge in [0.1, 0.15) is 5.82 Å². The SMILES string of the molecule is Cc1ccnc(-n2c(SC(C)C(N)=O)nc3ccccc3c2=O)c1. The van der Waals surface area contributed by atoms with Gasteiger partial charge in [0.25, 0.3) is 5.56 Å². The van der Waals surface area contributed by atoms with Crippen molar-refractivity contribution < 1.29 is 4.79 Å². The van der Waals surface area contributed by atoms with Crippen molar-refractivity contribution in [3.63, 3.8) is 0 Å². The van der Waals surface area contributed by atoms with Gasteiger partial charge in [-0.2, -0.15) is 0 Å². The van der Waals surface area contributed by atoms with Crippen LogP contribution in [0.4, 0.5) is 0 Å². The van der Waals surface area contributed by atoms with Crippen molar-refractivity contribution >= 4 is 28.6 Å². The molecule has 2 heterocycles. The minimum absolute atomic E-state index is 0.224.